The molecular formula is C10H21N3O. The first-order valence-electron chi connectivity index (χ1n) is 5.24. The number of carbonyl (C=O) groups excluding carboxylic acids is 1. The average molecular weight is 199 g/mol. The lowest BCUT2D eigenvalue weighted by Crippen LogP contribution is -2.53. The fourth-order valence-electron chi connectivity index (χ4n) is 1.74. The topological polar surface area (TPSA) is 53.2 Å². The number of hydrogen-bond acceptors (Lipinski definition) is 2. The minimum absolute atomic E-state index is 0.00825. The summed E-state index contributed by atoms with van der Waals surface area (Å²) < 4.78 is 0. The molecule has 0 aromatic heterocycles. The quantitative estimate of drug-likeness (QED) is 0.617. The first kappa shape index (κ1) is 11.3. The van der Waals surface area contributed by atoms with E-state index in [4.69, 9.17) is 0 Å². The van der Waals surface area contributed by atoms with Crippen LogP contribution >= 0.6 is 0 Å². The van der Waals surface area contributed by atoms with E-state index in [2.05, 4.69) is 29.8 Å². The molecule has 3 N–H and O–H groups in total. The van der Waals surface area contributed by atoms with Gasteiger partial charge in [0.25, 0.3) is 0 Å². The highest BCUT2D eigenvalue weighted by Crippen LogP contribution is 2.18. The van der Waals surface area contributed by atoms with Gasteiger partial charge in [0.05, 0.1) is 0 Å². The molecule has 0 spiro atoms. The molecule has 1 aliphatic rings. The summed E-state index contributed by atoms with van der Waals surface area (Å²) in [5, 5.41) is 9.18. The fraction of sp³-hybridized carbons (Fsp3) is 0.900. The molecule has 1 atom stereocenters. The highest BCUT2D eigenvalue weighted by molar-refractivity contribution is 5.74. The zero-order chi connectivity index (χ0) is 10.8. The van der Waals surface area contributed by atoms with E-state index in [1.165, 1.54) is 0 Å². The number of urea groups is 1. The molecule has 4 heteroatoms. The second-order valence-electron chi connectivity index (χ2n) is 4.76. The largest absolute Gasteiger partial charge is 0.336 e. The molecule has 0 aromatic carbocycles. The van der Waals surface area contributed by atoms with Gasteiger partial charge in [-0.15, -0.1) is 0 Å². The van der Waals surface area contributed by atoms with Crippen LogP contribution in [-0.4, -0.2) is 30.2 Å². The summed E-state index contributed by atoms with van der Waals surface area (Å²) in [6, 6.07) is 0.343. The third-order valence-electron chi connectivity index (χ3n) is 2.61. The van der Waals surface area contributed by atoms with Crippen molar-refractivity contribution in [3.8, 4) is 0 Å². The van der Waals surface area contributed by atoms with E-state index in [1.807, 2.05) is 13.8 Å². The van der Waals surface area contributed by atoms with Gasteiger partial charge < -0.3 is 16.0 Å². The van der Waals surface area contributed by atoms with E-state index in [9.17, 15) is 4.79 Å². The zero-order valence-electron chi connectivity index (χ0n) is 9.48. The summed E-state index contributed by atoms with van der Waals surface area (Å²) in [6.07, 6.45) is 0.999. The minimum atomic E-state index is -0.0678. The molecule has 0 bridgehead atoms. The molecule has 2 amide bonds. The van der Waals surface area contributed by atoms with Crippen molar-refractivity contribution < 1.29 is 4.79 Å². The molecule has 0 aromatic rings. The van der Waals surface area contributed by atoms with Crippen LogP contribution in [0.1, 0.15) is 34.1 Å². The fourth-order valence-corrected chi connectivity index (χ4v) is 1.74. The third kappa shape index (κ3) is 2.87. The van der Waals surface area contributed by atoms with Gasteiger partial charge >= 0.3 is 6.03 Å². The third-order valence-corrected chi connectivity index (χ3v) is 2.61. The number of hydrogen-bond donors (Lipinski definition) is 3. The van der Waals surface area contributed by atoms with E-state index in [0.29, 0.717) is 0 Å². The summed E-state index contributed by atoms with van der Waals surface area (Å²) in [4.78, 5) is 11.4. The predicted octanol–water partition coefficient (Wildman–Crippen LogP) is 0.834. The van der Waals surface area contributed by atoms with Gasteiger partial charge in [-0.3, -0.25) is 0 Å². The average Bonchev–Trinajstić information content (AvgIpc) is 2.29. The normalized spacial score (nSPS) is 25.1. The molecule has 1 saturated heterocycles. The van der Waals surface area contributed by atoms with Gasteiger partial charge in [0.2, 0.25) is 0 Å². The Bertz CT molecular complexity index is 213. The first-order valence-corrected chi connectivity index (χ1v) is 5.24. The number of nitrogens with one attached hydrogen (secondary N) is 3. The van der Waals surface area contributed by atoms with Crippen LogP contribution < -0.4 is 16.0 Å². The number of amides is 2. The maximum atomic E-state index is 11.4. The van der Waals surface area contributed by atoms with E-state index in [0.717, 1.165) is 13.0 Å². The molecule has 1 fully saturated rings. The molecule has 0 radical (unpaired) electrons. The molecule has 4 nitrogen and oxygen atoms in total. The van der Waals surface area contributed by atoms with Crippen LogP contribution in [-0.2, 0) is 0 Å². The Balaban J connectivity index is 2.40. The molecule has 1 unspecified atom stereocenters. The second kappa shape index (κ2) is 4.17. The maximum Gasteiger partial charge on any atom is 0.315 e. The molecule has 82 valence electrons. The van der Waals surface area contributed by atoms with E-state index in [1.54, 1.807) is 0 Å². The smallest absolute Gasteiger partial charge is 0.315 e. The van der Waals surface area contributed by atoms with Crippen LogP contribution in [0.4, 0.5) is 4.79 Å². The Labute approximate surface area is 85.8 Å². The maximum absolute atomic E-state index is 11.4. The molecule has 1 aliphatic heterocycles. The second-order valence-corrected chi connectivity index (χ2v) is 4.76. The lowest BCUT2D eigenvalue weighted by molar-refractivity contribution is 0.228. The van der Waals surface area contributed by atoms with Crippen molar-refractivity contribution in [2.75, 3.05) is 6.54 Å². The van der Waals surface area contributed by atoms with Gasteiger partial charge in [0.1, 0.15) is 0 Å². The lowest BCUT2D eigenvalue weighted by Gasteiger charge is -2.28. The zero-order valence-corrected chi connectivity index (χ0v) is 9.48. The SMILES string of the molecule is CC(C)NC(=O)NC1CCNC1(C)C. The predicted molar refractivity (Wildman–Crippen MR) is 57.3 cm³/mol. The summed E-state index contributed by atoms with van der Waals surface area (Å²) >= 11 is 0. The summed E-state index contributed by atoms with van der Waals surface area (Å²) in [6.45, 7) is 9.11. The van der Waals surface area contributed by atoms with Gasteiger partial charge in [-0.25, -0.2) is 4.79 Å². The van der Waals surface area contributed by atoms with E-state index in [-0.39, 0.29) is 23.7 Å². The van der Waals surface area contributed by atoms with Gasteiger partial charge in [0, 0.05) is 17.6 Å². The van der Waals surface area contributed by atoms with Crippen LogP contribution in [0, 0.1) is 0 Å². The molecule has 14 heavy (non-hydrogen) atoms. The summed E-state index contributed by atoms with van der Waals surface area (Å²) in [5.41, 5.74) is 0.00825. The lowest BCUT2D eigenvalue weighted by atomic mass is 9.97. The Kier molecular flexibility index (Phi) is 3.37. The van der Waals surface area contributed by atoms with E-state index >= 15 is 0 Å². The van der Waals surface area contributed by atoms with Crippen LogP contribution in [0.5, 0.6) is 0 Å². The van der Waals surface area contributed by atoms with Gasteiger partial charge in [0.15, 0.2) is 0 Å². The van der Waals surface area contributed by atoms with Crippen molar-refractivity contribution in [1.29, 1.82) is 0 Å². The Hall–Kier alpha value is -0.770. The highest BCUT2D eigenvalue weighted by atomic mass is 16.2. The summed E-state index contributed by atoms with van der Waals surface area (Å²) in [7, 11) is 0. The molecule has 0 saturated carbocycles. The van der Waals surface area contributed by atoms with Crippen molar-refractivity contribution in [3.63, 3.8) is 0 Å². The summed E-state index contributed by atoms with van der Waals surface area (Å²) in [5.74, 6) is 0. The van der Waals surface area contributed by atoms with Crippen LogP contribution in [0.2, 0.25) is 0 Å². The van der Waals surface area contributed by atoms with Crippen molar-refractivity contribution in [2.24, 2.45) is 0 Å². The monoisotopic (exact) mass is 199 g/mol. The molecular weight excluding hydrogens is 178 g/mol. The van der Waals surface area contributed by atoms with Crippen LogP contribution in [0.25, 0.3) is 0 Å². The highest BCUT2D eigenvalue weighted by Gasteiger charge is 2.34. The van der Waals surface area contributed by atoms with Crippen molar-refractivity contribution >= 4 is 6.03 Å². The molecule has 1 rings (SSSR count). The van der Waals surface area contributed by atoms with Gasteiger partial charge in [-0.05, 0) is 40.7 Å². The van der Waals surface area contributed by atoms with E-state index < -0.39 is 0 Å². The Morgan fingerprint density at radius 1 is 1.50 bits per heavy atom. The van der Waals surface area contributed by atoms with Crippen LogP contribution in [0.15, 0.2) is 0 Å². The van der Waals surface area contributed by atoms with Crippen molar-refractivity contribution in [2.45, 2.75) is 51.7 Å². The Morgan fingerprint density at radius 3 is 2.57 bits per heavy atom. The minimum Gasteiger partial charge on any atom is -0.336 e. The molecule has 0 aliphatic carbocycles. The molecule has 1 heterocycles. The Morgan fingerprint density at radius 2 is 2.14 bits per heavy atom. The van der Waals surface area contributed by atoms with Crippen LogP contribution in [0.3, 0.4) is 0 Å². The van der Waals surface area contributed by atoms with Crippen molar-refractivity contribution in [3.05, 3.63) is 0 Å². The standard InChI is InChI=1S/C10H21N3O/c1-7(2)12-9(14)13-8-5-6-11-10(8,3)4/h7-8,11H,5-6H2,1-4H3,(H2,12,13,14). The van der Waals surface area contributed by atoms with Gasteiger partial charge in [-0.1, -0.05) is 0 Å². The van der Waals surface area contributed by atoms with Crippen molar-refractivity contribution in [1.82, 2.24) is 16.0 Å². The number of carbonyl (C=O) groups is 1. The number of rotatable bonds is 2. The first-order chi connectivity index (χ1) is 6.42. The van der Waals surface area contributed by atoms with Gasteiger partial charge in [-0.2, -0.15) is 0 Å².